The summed E-state index contributed by atoms with van der Waals surface area (Å²) in [7, 11) is 0. The van der Waals surface area contributed by atoms with Crippen molar-refractivity contribution in [2.75, 3.05) is 16.8 Å². The number of esters is 1. The number of hydrogen-bond donors (Lipinski definition) is 1. The molecule has 1 N–H and O–H groups in total. The molecule has 2 amide bonds. The molecule has 1 heterocycles. The number of hydrogen-bond acceptors (Lipinski definition) is 6. The first-order valence-electron chi connectivity index (χ1n) is 9.42. The van der Waals surface area contributed by atoms with Crippen LogP contribution in [0.25, 0.3) is 0 Å². The summed E-state index contributed by atoms with van der Waals surface area (Å²) in [5.74, 6) is -1.34. The van der Waals surface area contributed by atoms with Crippen molar-refractivity contribution in [1.29, 1.82) is 0 Å². The number of carbonyl (C=O) groups is 3. The van der Waals surface area contributed by atoms with E-state index >= 15 is 0 Å². The number of ether oxygens (including phenoxy) is 2. The average Bonchev–Trinajstić information content (AvgIpc) is 2.92. The molecule has 0 aromatic heterocycles. The fourth-order valence-corrected chi connectivity index (χ4v) is 3.11. The number of carbonyl (C=O) groups excluding carboxylic acids is 3. The van der Waals surface area contributed by atoms with Crippen molar-refractivity contribution in [2.45, 2.75) is 26.9 Å². The van der Waals surface area contributed by atoms with Crippen LogP contribution in [-0.4, -0.2) is 30.5 Å². The van der Waals surface area contributed by atoms with E-state index < -0.39 is 17.8 Å². The molecule has 0 saturated carbocycles. The highest BCUT2D eigenvalue weighted by Crippen LogP contribution is 2.32. The zero-order valence-corrected chi connectivity index (χ0v) is 17.5. The van der Waals surface area contributed by atoms with Crippen LogP contribution in [0.4, 0.5) is 11.4 Å². The fraction of sp³-hybridized carbons (Fsp3) is 0.227. The van der Waals surface area contributed by atoms with Gasteiger partial charge in [0, 0.05) is 5.69 Å². The zero-order chi connectivity index (χ0) is 21.8. The second kappa shape index (κ2) is 9.00. The Bertz CT molecular complexity index is 1010. The molecule has 2 aromatic rings. The number of halogens is 1. The Labute approximate surface area is 179 Å². The van der Waals surface area contributed by atoms with E-state index in [4.69, 9.17) is 21.1 Å². The maximum atomic E-state index is 13.0. The first-order valence-corrected chi connectivity index (χ1v) is 9.79. The summed E-state index contributed by atoms with van der Waals surface area (Å²) < 4.78 is 10.6. The maximum absolute atomic E-state index is 13.0. The molecule has 0 saturated heterocycles. The molecule has 1 aliphatic rings. The minimum atomic E-state index is -0.722. The Morgan fingerprint density at radius 1 is 1.07 bits per heavy atom. The quantitative estimate of drug-likeness (QED) is 0.528. The number of nitrogens with zero attached hydrogens (tertiary/aromatic N) is 1. The van der Waals surface area contributed by atoms with E-state index in [1.165, 1.54) is 12.1 Å². The fourth-order valence-electron chi connectivity index (χ4n) is 2.89. The summed E-state index contributed by atoms with van der Waals surface area (Å²) in [5, 5.41) is 2.62. The predicted octanol–water partition coefficient (Wildman–Crippen LogP) is 4.09. The number of nitrogens with one attached hydrogen (secondary N) is 1. The third-order valence-corrected chi connectivity index (χ3v) is 4.52. The normalized spacial score (nSPS) is 13.8. The van der Waals surface area contributed by atoms with Gasteiger partial charge in [0.15, 0.2) is 0 Å². The first kappa shape index (κ1) is 21.4. The van der Waals surface area contributed by atoms with Crippen LogP contribution < -0.4 is 15.0 Å². The number of rotatable bonds is 7. The topological polar surface area (TPSA) is 84.9 Å². The van der Waals surface area contributed by atoms with Gasteiger partial charge in [0.25, 0.3) is 11.8 Å². The Hall–Kier alpha value is -3.32. The standard InChI is InChI=1S/C22H21ClN2O5/c1-4-29-15-11-9-14(10-12-15)24-19-18(23)20(26)25(21(19)27)17-8-6-5-7-16(17)22(28)30-13(2)3/h5-13,24H,4H2,1-3H3. The van der Waals surface area contributed by atoms with Crippen molar-refractivity contribution < 1.29 is 23.9 Å². The number of amides is 2. The largest absolute Gasteiger partial charge is 0.494 e. The Balaban J connectivity index is 1.88. The second-order valence-corrected chi connectivity index (χ2v) is 7.07. The summed E-state index contributed by atoms with van der Waals surface area (Å²) in [4.78, 5) is 39.1. The van der Waals surface area contributed by atoms with Crippen LogP contribution >= 0.6 is 11.6 Å². The van der Waals surface area contributed by atoms with E-state index in [1.54, 1.807) is 50.2 Å². The zero-order valence-electron chi connectivity index (χ0n) is 16.8. The van der Waals surface area contributed by atoms with Crippen molar-refractivity contribution >= 4 is 40.8 Å². The number of imide groups is 1. The van der Waals surface area contributed by atoms with Gasteiger partial charge in [-0.3, -0.25) is 9.59 Å². The van der Waals surface area contributed by atoms with Crippen LogP contribution in [0, 0.1) is 0 Å². The van der Waals surface area contributed by atoms with Crippen LogP contribution in [0.15, 0.2) is 59.3 Å². The van der Waals surface area contributed by atoms with E-state index in [-0.39, 0.29) is 28.1 Å². The second-order valence-electron chi connectivity index (χ2n) is 6.69. The Kier molecular flexibility index (Phi) is 6.42. The van der Waals surface area contributed by atoms with Gasteiger partial charge in [0.1, 0.15) is 16.5 Å². The number of anilines is 2. The molecule has 7 nitrogen and oxygen atoms in total. The van der Waals surface area contributed by atoms with Crippen LogP contribution in [0.2, 0.25) is 0 Å². The lowest BCUT2D eigenvalue weighted by atomic mass is 10.1. The third kappa shape index (κ3) is 4.31. The predicted molar refractivity (Wildman–Crippen MR) is 114 cm³/mol. The van der Waals surface area contributed by atoms with Gasteiger partial charge in [-0.1, -0.05) is 23.7 Å². The highest BCUT2D eigenvalue weighted by Gasteiger charge is 2.40. The van der Waals surface area contributed by atoms with Crippen molar-refractivity contribution in [3.63, 3.8) is 0 Å². The SMILES string of the molecule is CCOc1ccc(NC2=C(Cl)C(=O)N(c3ccccc3C(=O)OC(C)C)C2=O)cc1. The van der Waals surface area contributed by atoms with Crippen molar-refractivity contribution in [3.8, 4) is 5.75 Å². The van der Waals surface area contributed by atoms with Gasteiger partial charge < -0.3 is 14.8 Å². The van der Waals surface area contributed by atoms with Crippen LogP contribution in [-0.2, 0) is 14.3 Å². The van der Waals surface area contributed by atoms with E-state index in [2.05, 4.69) is 5.32 Å². The van der Waals surface area contributed by atoms with Gasteiger partial charge in [-0.2, -0.15) is 0 Å². The molecule has 0 radical (unpaired) electrons. The molecule has 156 valence electrons. The minimum absolute atomic E-state index is 0.0714. The third-order valence-electron chi connectivity index (χ3n) is 4.17. The van der Waals surface area contributed by atoms with Crippen LogP contribution in [0.5, 0.6) is 5.75 Å². The molecule has 0 bridgehead atoms. The van der Waals surface area contributed by atoms with Gasteiger partial charge in [-0.05, 0) is 57.2 Å². The summed E-state index contributed by atoms with van der Waals surface area (Å²) >= 11 is 6.18. The first-order chi connectivity index (χ1) is 14.3. The van der Waals surface area contributed by atoms with Crippen molar-refractivity contribution in [2.24, 2.45) is 0 Å². The van der Waals surface area contributed by atoms with Gasteiger partial charge in [-0.25, -0.2) is 9.69 Å². The molecule has 8 heteroatoms. The molecule has 0 atom stereocenters. The van der Waals surface area contributed by atoms with Gasteiger partial charge >= 0.3 is 5.97 Å². The number of para-hydroxylation sites is 1. The highest BCUT2D eigenvalue weighted by atomic mass is 35.5. The summed E-state index contributed by atoms with van der Waals surface area (Å²) in [6.07, 6.45) is -0.353. The van der Waals surface area contributed by atoms with E-state index in [1.807, 2.05) is 6.92 Å². The lowest BCUT2D eigenvalue weighted by Crippen LogP contribution is -2.33. The molecular weight excluding hydrogens is 408 g/mol. The molecule has 0 fully saturated rings. The monoisotopic (exact) mass is 428 g/mol. The highest BCUT2D eigenvalue weighted by molar-refractivity contribution is 6.53. The molecule has 3 rings (SSSR count). The molecule has 0 aliphatic carbocycles. The van der Waals surface area contributed by atoms with Gasteiger partial charge in [0.05, 0.1) is 24.0 Å². The Morgan fingerprint density at radius 2 is 1.73 bits per heavy atom. The van der Waals surface area contributed by atoms with E-state index in [0.717, 1.165) is 4.90 Å². The summed E-state index contributed by atoms with van der Waals surface area (Å²) in [5.41, 5.74) is 0.694. The van der Waals surface area contributed by atoms with Gasteiger partial charge in [-0.15, -0.1) is 0 Å². The number of benzene rings is 2. The average molecular weight is 429 g/mol. The lowest BCUT2D eigenvalue weighted by molar-refractivity contribution is -0.120. The lowest BCUT2D eigenvalue weighted by Gasteiger charge is -2.19. The maximum Gasteiger partial charge on any atom is 0.340 e. The summed E-state index contributed by atoms with van der Waals surface area (Å²) in [6, 6.07) is 13.1. The molecule has 0 spiro atoms. The van der Waals surface area contributed by atoms with Crippen LogP contribution in [0.3, 0.4) is 0 Å². The minimum Gasteiger partial charge on any atom is -0.494 e. The summed E-state index contributed by atoms with van der Waals surface area (Å²) in [6.45, 7) is 5.83. The van der Waals surface area contributed by atoms with Crippen LogP contribution in [0.1, 0.15) is 31.1 Å². The van der Waals surface area contributed by atoms with E-state index in [0.29, 0.717) is 18.0 Å². The smallest absolute Gasteiger partial charge is 0.340 e. The van der Waals surface area contributed by atoms with Crippen molar-refractivity contribution in [3.05, 3.63) is 64.8 Å². The molecule has 2 aromatic carbocycles. The molecular formula is C22H21ClN2O5. The molecule has 1 aliphatic heterocycles. The molecule has 30 heavy (non-hydrogen) atoms. The van der Waals surface area contributed by atoms with Gasteiger partial charge in [0.2, 0.25) is 0 Å². The Morgan fingerprint density at radius 3 is 2.37 bits per heavy atom. The molecule has 0 unspecified atom stereocenters. The van der Waals surface area contributed by atoms with Crippen molar-refractivity contribution in [1.82, 2.24) is 0 Å². The van der Waals surface area contributed by atoms with E-state index in [9.17, 15) is 14.4 Å².